The van der Waals surface area contributed by atoms with E-state index >= 15 is 0 Å². The minimum Gasteiger partial charge on any atom is -0.481 e. The van der Waals surface area contributed by atoms with Crippen molar-refractivity contribution in [2.24, 2.45) is 0 Å². The second-order valence-corrected chi connectivity index (χ2v) is 4.80. The Balaban J connectivity index is 3.06. The minimum atomic E-state index is -0.830. The molecule has 1 unspecified atom stereocenters. The highest BCUT2D eigenvalue weighted by molar-refractivity contribution is 9.13. The number of carboxylic acid groups (broad SMARTS) is 1. The first-order chi connectivity index (χ1) is 7.06. The molecule has 0 saturated heterocycles. The summed E-state index contributed by atoms with van der Waals surface area (Å²) in [6.45, 7) is 3.56. The number of benzene rings is 1. The maximum absolute atomic E-state index is 11.0. The smallest absolute Gasteiger partial charge is 0.311 e. The number of halogens is 2. The van der Waals surface area contributed by atoms with Crippen molar-refractivity contribution in [1.82, 2.24) is 0 Å². The average Bonchev–Trinajstić information content (AvgIpc) is 2.18. The third-order valence-electron chi connectivity index (χ3n) is 2.05. The van der Waals surface area contributed by atoms with Crippen LogP contribution in [0.1, 0.15) is 17.9 Å². The highest BCUT2D eigenvalue weighted by Crippen LogP contribution is 2.29. The Labute approximate surface area is 105 Å². The van der Waals surface area contributed by atoms with Crippen LogP contribution in [0.5, 0.6) is 0 Å². The van der Waals surface area contributed by atoms with Gasteiger partial charge in [0, 0.05) is 8.95 Å². The lowest BCUT2D eigenvalue weighted by atomic mass is 9.96. The molecule has 0 heterocycles. The van der Waals surface area contributed by atoms with E-state index in [0.717, 1.165) is 14.5 Å². The van der Waals surface area contributed by atoms with Crippen LogP contribution in [-0.2, 0) is 4.79 Å². The number of carbonyl (C=O) groups is 1. The predicted octanol–water partition coefficient (Wildman–Crippen LogP) is 3.96. The van der Waals surface area contributed by atoms with E-state index in [0.29, 0.717) is 6.42 Å². The van der Waals surface area contributed by atoms with Crippen molar-refractivity contribution in [2.75, 3.05) is 0 Å². The number of aliphatic carboxylic acids is 1. The first kappa shape index (κ1) is 12.5. The van der Waals surface area contributed by atoms with Crippen LogP contribution in [0, 0.1) is 0 Å². The van der Waals surface area contributed by atoms with Gasteiger partial charge in [-0.25, -0.2) is 0 Å². The molecule has 1 atom stereocenters. The summed E-state index contributed by atoms with van der Waals surface area (Å²) in [7, 11) is 0. The molecular formula is C11H10Br2O2. The van der Waals surface area contributed by atoms with Gasteiger partial charge in [0.25, 0.3) is 0 Å². The summed E-state index contributed by atoms with van der Waals surface area (Å²) in [5, 5.41) is 9.04. The SMILES string of the molecule is C=CCC(C(=O)O)c1ccc(Br)c(Br)c1. The molecule has 1 aromatic rings. The molecule has 0 saturated carbocycles. The quantitative estimate of drug-likeness (QED) is 0.847. The molecule has 1 N–H and O–H groups in total. The van der Waals surface area contributed by atoms with Gasteiger partial charge in [0.05, 0.1) is 5.92 Å². The Kier molecular flexibility index (Phi) is 4.54. The maximum atomic E-state index is 11.0. The Morgan fingerprint density at radius 1 is 1.47 bits per heavy atom. The van der Waals surface area contributed by atoms with Gasteiger partial charge in [0.1, 0.15) is 0 Å². The average molecular weight is 334 g/mol. The summed E-state index contributed by atoms with van der Waals surface area (Å²) in [6, 6.07) is 5.45. The first-order valence-electron chi connectivity index (χ1n) is 4.35. The van der Waals surface area contributed by atoms with Crippen molar-refractivity contribution in [3.8, 4) is 0 Å². The summed E-state index contributed by atoms with van der Waals surface area (Å²) < 4.78 is 1.77. The van der Waals surface area contributed by atoms with Crippen LogP contribution in [0.25, 0.3) is 0 Å². The Bertz CT molecular complexity index is 388. The molecule has 0 aliphatic heterocycles. The molecule has 0 aliphatic rings. The van der Waals surface area contributed by atoms with Crippen molar-refractivity contribution in [1.29, 1.82) is 0 Å². The van der Waals surface area contributed by atoms with Crippen molar-refractivity contribution >= 4 is 37.8 Å². The number of rotatable bonds is 4. The summed E-state index contributed by atoms with van der Waals surface area (Å²) in [5.41, 5.74) is 0.775. The second kappa shape index (κ2) is 5.47. The van der Waals surface area contributed by atoms with Crippen molar-refractivity contribution in [3.05, 3.63) is 45.4 Å². The predicted molar refractivity (Wildman–Crippen MR) is 67.0 cm³/mol. The van der Waals surface area contributed by atoms with Gasteiger partial charge in [-0.2, -0.15) is 0 Å². The van der Waals surface area contributed by atoms with Gasteiger partial charge in [-0.05, 0) is 56.0 Å². The Morgan fingerprint density at radius 2 is 2.13 bits per heavy atom. The molecule has 0 spiro atoms. The van der Waals surface area contributed by atoms with E-state index in [-0.39, 0.29) is 0 Å². The number of hydrogen-bond acceptors (Lipinski definition) is 1. The van der Waals surface area contributed by atoms with E-state index < -0.39 is 11.9 Å². The molecule has 0 bridgehead atoms. The molecule has 4 heteroatoms. The van der Waals surface area contributed by atoms with Gasteiger partial charge in [-0.3, -0.25) is 4.79 Å². The largest absolute Gasteiger partial charge is 0.481 e. The second-order valence-electron chi connectivity index (χ2n) is 3.09. The van der Waals surface area contributed by atoms with Gasteiger partial charge >= 0.3 is 5.97 Å². The standard InChI is InChI=1S/C11H10Br2O2/c1-2-3-8(11(14)15)7-4-5-9(12)10(13)6-7/h2,4-6,8H,1,3H2,(H,14,15). The first-order valence-corrected chi connectivity index (χ1v) is 5.93. The zero-order valence-electron chi connectivity index (χ0n) is 7.91. The van der Waals surface area contributed by atoms with Crippen LogP contribution in [-0.4, -0.2) is 11.1 Å². The van der Waals surface area contributed by atoms with Crippen LogP contribution in [0.3, 0.4) is 0 Å². The van der Waals surface area contributed by atoms with Crippen LogP contribution >= 0.6 is 31.9 Å². The normalized spacial score (nSPS) is 12.1. The van der Waals surface area contributed by atoms with E-state index in [4.69, 9.17) is 5.11 Å². The van der Waals surface area contributed by atoms with Crippen molar-refractivity contribution in [2.45, 2.75) is 12.3 Å². The third kappa shape index (κ3) is 3.18. The molecule has 0 aromatic heterocycles. The highest BCUT2D eigenvalue weighted by Gasteiger charge is 2.18. The fraction of sp³-hybridized carbons (Fsp3) is 0.182. The lowest BCUT2D eigenvalue weighted by molar-refractivity contribution is -0.138. The van der Waals surface area contributed by atoms with E-state index in [1.165, 1.54) is 0 Å². The maximum Gasteiger partial charge on any atom is 0.311 e. The summed E-state index contributed by atoms with van der Waals surface area (Å²) in [5.74, 6) is -1.35. The van der Waals surface area contributed by atoms with E-state index in [1.54, 1.807) is 12.1 Å². The molecule has 80 valence electrons. The molecule has 2 nitrogen and oxygen atoms in total. The van der Waals surface area contributed by atoms with Crippen LogP contribution in [0.15, 0.2) is 39.8 Å². The number of carboxylic acids is 1. The topological polar surface area (TPSA) is 37.3 Å². The molecular weight excluding hydrogens is 324 g/mol. The van der Waals surface area contributed by atoms with Gasteiger partial charge in [-0.15, -0.1) is 6.58 Å². The highest BCUT2D eigenvalue weighted by atomic mass is 79.9. The van der Waals surface area contributed by atoms with Gasteiger partial charge in [0.15, 0.2) is 0 Å². The Morgan fingerprint density at radius 3 is 2.60 bits per heavy atom. The van der Waals surface area contributed by atoms with Crippen LogP contribution in [0.4, 0.5) is 0 Å². The fourth-order valence-electron chi connectivity index (χ4n) is 1.28. The lowest BCUT2D eigenvalue weighted by Gasteiger charge is -2.11. The zero-order valence-corrected chi connectivity index (χ0v) is 11.1. The summed E-state index contributed by atoms with van der Waals surface area (Å²) in [4.78, 5) is 11.0. The van der Waals surface area contributed by atoms with Crippen molar-refractivity contribution < 1.29 is 9.90 Å². The minimum absolute atomic E-state index is 0.434. The number of allylic oxidation sites excluding steroid dienone is 1. The van der Waals surface area contributed by atoms with Crippen LogP contribution in [0.2, 0.25) is 0 Å². The molecule has 1 rings (SSSR count). The number of hydrogen-bond donors (Lipinski definition) is 1. The van der Waals surface area contributed by atoms with E-state index in [1.807, 2.05) is 12.1 Å². The van der Waals surface area contributed by atoms with Crippen molar-refractivity contribution in [3.63, 3.8) is 0 Å². The zero-order chi connectivity index (χ0) is 11.4. The Hall–Kier alpha value is -0.610. The van der Waals surface area contributed by atoms with Gasteiger partial charge < -0.3 is 5.11 Å². The lowest BCUT2D eigenvalue weighted by Crippen LogP contribution is -2.10. The summed E-state index contributed by atoms with van der Waals surface area (Å²) >= 11 is 6.69. The molecule has 0 amide bonds. The van der Waals surface area contributed by atoms with Crippen LogP contribution < -0.4 is 0 Å². The molecule has 15 heavy (non-hydrogen) atoms. The summed E-state index contributed by atoms with van der Waals surface area (Å²) in [6.07, 6.45) is 2.05. The van der Waals surface area contributed by atoms with Gasteiger partial charge in [0.2, 0.25) is 0 Å². The molecule has 0 radical (unpaired) electrons. The van der Waals surface area contributed by atoms with E-state index in [9.17, 15) is 4.79 Å². The third-order valence-corrected chi connectivity index (χ3v) is 3.93. The fourth-order valence-corrected chi connectivity index (χ4v) is 1.92. The molecule has 1 aromatic carbocycles. The monoisotopic (exact) mass is 332 g/mol. The van der Waals surface area contributed by atoms with E-state index in [2.05, 4.69) is 38.4 Å². The van der Waals surface area contributed by atoms with Gasteiger partial charge in [-0.1, -0.05) is 12.1 Å². The molecule has 0 aliphatic carbocycles. The molecule has 0 fully saturated rings.